The van der Waals surface area contributed by atoms with Gasteiger partial charge in [-0.3, -0.25) is 4.90 Å². The van der Waals surface area contributed by atoms with Gasteiger partial charge in [-0.25, -0.2) is 18.9 Å². The summed E-state index contributed by atoms with van der Waals surface area (Å²) in [4.78, 5) is 21.3. The molecule has 152 valence electrons. The largest absolute Gasteiger partial charge is 0.444 e. The second-order valence-corrected chi connectivity index (χ2v) is 7.25. The van der Waals surface area contributed by atoms with Crippen molar-refractivity contribution in [1.82, 2.24) is 39.9 Å². The summed E-state index contributed by atoms with van der Waals surface area (Å²) >= 11 is 0. The molecule has 1 aliphatic carbocycles. The number of nitrogens with zero attached hydrogens (tertiary/aromatic N) is 9. The Kier molecular flexibility index (Phi) is 4.07. The van der Waals surface area contributed by atoms with Crippen LogP contribution in [0.4, 0.5) is 15.1 Å². The lowest BCUT2D eigenvalue weighted by molar-refractivity contribution is 0.132. The molecular weight excluding hydrogens is 381 g/mol. The minimum absolute atomic E-state index is 0.0941. The Labute approximate surface area is 165 Å². The Balaban J connectivity index is 1.33. The van der Waals surface area contributed by atoms with Gasteiger partial charge >= 0.3 is 6.09 Å². The quantitative estimate of drug-likeness (QED) is 0.747. The number of fused-ring (bicyclic) bond motifs is 1. The minimum Gasteiger partial charge on any atom is -0.444 e. The molecule has 1 saturated heterocycles. The number of rotatable bonds is 4. The van der Waals surface area contributed by atoms with E-state index in [9.17, 15) is 9.18 Å². The maximum absolute atomic E-state index is 14.9. The van der Waals surface area contributed by atoms with Crippen LogP contribution in [0, 0.1) is 0 Å². The first-order chi connectivity index (χ1) is 14.0. The summed E-state index contributed by atoms with van der Waals surface area (Å²) in [5.41, 5.74) is 1.04. The second-order valence-electron chi connectivity index (χ2n) is 7.25. The van der Waals surface area contributed by atoms with Gasteiger partial charge in [-0.2, -0.15) is 4.80 Å². The van der Waals surface area contributed by atoms with Gasteiger partial charge < -0.3 is 9.64 Å². The number of carbonyl (C=O) groups is 1. The fourth-order valence-corrected chi connectivity index (χ4v) is 3.68. The molecular formula is C17H20FN9O2. The Bertz CT molecular complexity index is 1000. The van der Waals surface area contributed by atoms with E-state index in [2.05, 4.69) is 25.5 Å². The van der Waals surface area contributed by atoms with Gasteiger partial charge in [0.15, 0.2) is 5.82 Å². The maximum atomic E-state index is 14.9. The van der Waals surface area contributed by atoms with E-state index in [-0.39, 0.29) is 12.5 Å². The molecule has 3 aliphatic rings. The van der Waals surface area contributed by atoms with E-state index in [1.54, 1.807) is 23.9 Å². The van der Waals surface area contributed by atoms with Gasteiger partial charge in [-0.1, -0.05) is 18.1 Å². The lowest BCUT2D eigenvalue weighted by Gasteiger charge is -2.23. The van der Waals surface area contributed by atoms with Crippen molar-refractivity contribution in [3.8, 4) is 0 Å². The summed E-state index contributed by atoms with van der Waals surface area (Å²) in [6, 6.07) is 0. The Morgan fingerprint density at radius 1 is 1.31 bits per heavy atom. The molecule has 1 unspecified atom stereocenters. The van der Waals surface area contributed by atoms with Crippen LogP contribution in [0.5, 0.6) is 0 Å². The average molecular weight is 401 g/mol. The first kappa shape index (κ1) is 17.8. The van der Waals surface area contributed by atoms with Gasteiger partial charge in [-0.15, -0.1) is 10.2 Å². The van der Waals surface area contributed by atoms with Crippen molar-refractivity contribution in [3.05, 3.63) is 29.5 Å². The highest BCUT2D eigenvalue weighted by Gasteiger charge is 2.36. The van der Waals surface area contributed by atoms with Crippen molar-refractivity contribution in [1.29, 1.82) is 0 Å². The normalized spacial score (nSPS) is 23.9. The molecule has 0 saturated carbocycles. The van der Waals surface area contributed by atoms with E-state index >= 15 is 0 Å². The van der Waals surface area contributed by atoms with E-state index < -0.39 is 12.3 Å². The van der Waals surface area contributed by atoms with Crippen LogP contribution in [0.25, 0.3) is 5.57 Å². The van der Waals surface area contributed by atoms with Gasteiger partial charge in [-0.05, 0) is 17.7 Å². The number of anilines is 1. The highest BCUT2D eigenvalue weighted by atomic mass is 19.1. The van der Waals surface area contributed by atoms with Crippen LogP contribution in [-0.4, -0.2) is 64.8 Å². The minimum atomic E-state index is -1.29. The average Bonchev–Trinajstić information content (AvgIpc) is 3.44. The number of halogens is 1. The first-order valence-electron chi connectivity index (χ1n) is 9.48. The van der Waals surface area contributed by atoms with E-state index in [0.717, 1.165) is 6.42 Å². The maximum Gasteiger partial charge on any atom is 0.414 e. The van der Waals surface area contributed by atoms with Crippen molar-refractivity contribution in [2.45, 2.75) is 45.3 Å². The number of tetrazole rings is 1. The molecule has 5 rings (SSSR count). The molecule has 0 aromatic carbocycles. The zero-order valence-corrected chi connectivity index (χ0v) is 16.1. The van der Waals surface area contributed by atoms with Gasteiger partial charge in [0, 0.05) is 17.7 Å². The van der Waals surface area contributed by atoms with Crippen molar-refractivity contribution in [3.63, 3.8) is 0 Å². The van der Waals surface area contributed by atoms with Crippen molar-refractivity contribution in [2.24, 2.45) is 7.05 Å². The molecule has 2 aliphatic heterocycles. The third-order valence-corrected chi connectivity index (χ3v) is 5.28. The predicted molar refractivity (Wildman–Crippen MR) is 97.8 cm³/mol. The topological polar surface area (TPSA) is 107 Å². The molecule has 12 heteroatoms. The number of aryl methyl sites for hydroxylation is 1. The smallest absolute Gasteiger partial charge is 0.414 e. The third kappa shape index (κ3) is 3.04. The van der Waals surface area contributed by atoms with E-state index in [0.29, 0.717) is 48.6 Å². The molecule has 11 nitrogen and oxygen atoms in total. The number of cyclic esters (lactones) is 1. The molecule has 0 bridgehead atoms. The molecule has 2 atom stereocenters. The van der Waals surface area contributed by atoms with Crippen LogP contribution in [0.15, 0.2) is 17.8 Å². The van der Waals surface area contributed by atoms with Crippen LogP contribution >= 0.6 is 0 Å². The number of ether oxygens (including phenoxy) is 1. The second kappa shape index (κ2) is 6.64. The number of amides is 1. The summed E-state index contributed by atoms with van der Waals surface area (Å²) in [5.74, 6) is 1.58. The number of aromatic nitrogens is 7. The summed E-state index contributed by atoms with van der Waals surface area (Å²) in [7, 11) is 1.70. The fourth-order valence-electron chi connectivity index (χ4n) is 3.68. The number of hydrogen-bond acceptors (Lipinski definition) is 8. The predicted octanol–water partition coefficient (Wildman–Crippen LogP) is 1.02. The standard InChI is InChI=1S/C17H20FN9O2/c1-3-11-7-26(17(28)29-11)10-4-5-12(13(18)6-10)15-19-14-8-25(9-27(14)21-15)16-20-23-24(2)22-16/h4-5,11,13H,3,6-9H2,1-2H3/t11-,13?/m0/s1. The zero-order chi connectivity index (χ0) is 20.1. The Morgan fingerprint density at radius 2 is 2.17 bits per heavy atom. The highest BCUT2D eigenvalue weighted by molar-refractivity contribution is 5.74. The summed E-state index contributed by atoms with van der Waals surface area (Å²) in [6.45, 7) is 3.32. The SMILES string of the molecule is CC[C@H]1CN(C2=CC=C(c3nc4n(n3)CN(c3nnn(C)n3)C4)C(F)C2)C(=O)O1. The molecule has 1 amide bonds. The Morgan fingerprint density at radius 3 is 2.83 bits per heavy atom. The van der Waals surface area contributed by atoms with Gasteiger partial charge in [0.2, 0.25) is 0 Å². The molecule has 0 spiro atoms. The molecule has 0 radical (unpaired) electrons. The monoisotopic (exact) mass is 401 g/mol. The van der Waals surface area contributed by atoms with E-state index in [4.69, 9.17) is 4.74 Å². The number of alkyl halides is 1. The third-order valence-electron chi connectivity index (χ3n) is 5.28. The van der Waals surface area contributed by atoms with Crippen LogP contribution in [0.1, 0.15) is 31.4 Å². The summed E-state index contributed by atoms with van der Waals surface area (Å²) < 4.78 is 21.9. The van der Waals surface area contributed by atoms with Crippen LogP contribution in [0.3, 0.4) is 0 Å². The van der Waals surface area contributed by atoms with Crippen LogP contribution in [0.2, 0.25) is 0 Å². The number of allylic oxidation sites excluding steroid dienone is 4. The van der Waals surface area contributed by atoms with Gasteiger partial charge in [0.05, 0.1) is 20.1 Å². The number of hydrogen-bond donors (Lipinski definition) is 0. The van der Waals surface area contributed by atoms with Crippen molar-refractivity contribution >= 4 is 17.6 Å². The van der Waals surface area contributed by atoms with Crippen LogP contribution in [-0.2, 0) is 25.0 Å². The van der Waals surface area contributed by atoms with Gasteiger partial charge in [0.25, 0.3) is 5.95 Å². The molecule has 1 fully saturated rings. The first-order valence-corrected chi connectivity index (χ1v) is 9.48. The van der Waals surface area contributed by atoms with E-state index in [1.807, 2.05) is 11.8 Å². The molecule has 4 heterocycles. The van der Waals surface area contributed by atoms with Crippen molar-refractivity contribution < 1.29 is 13.9 Å². The zero-order valence-electron chi connectivity index (χ0n) is 16.1. The summed E-state index contributed by atoms with van der Waals surface area (Å²) in [6.07, 6.45) is 2.40. The number of carbonyl (C=O) groups excluding carboxylic acids is 1. The highest BCUT2D eigenvalue weighted by Crippen LogP contribution is 2.32. The Hall–Kier alpha value is -3.31. The lowest BCUT2D eigenvalue weighted by atomic mass is 9.99. The molecule has 29 heavy (non-hydrogen) atoms. The molecule has 0 N–H and O–H groups in total. The fraction of sp³-hybridized carbons (Fsp3) is 0.529. The summed E-state index contributed by atoms with van der Waals surface area (Å²) in [5, 5.41) is 16.4. The lowest BCUT2D eigenvalue weighted by Crippen LogP contribution is -2.28. The van der Waals surface area contributed by atoms with Gasteiger partial charge in [0.1, 0.15) is 24.8 Å². The molecule has 2 aromatic heterocycles. The van der Waals surface area contributed by atoms with Crippen LogP contribution < -0.4 is 4.90 Å². The van der Waals surface area contributed by atoms with Crippen molar-refractivity contribution in [2.75, 3.05) is 11.4 Å². The molecule has 2 aromatic rings. The van der Waals surface area contributed by atoms with E-state index in [1.165, 1.54) is 9.70 Å².